The number of nitrogens with zero attached hydrogens (tertiary/aromatic N) is 3. The van der Waals surface area contributed by atoms with Crippen molar-refractivity contribution in [3.05, 3.63) is 24.4 Å². The van der Waals surface area contributed by atoms with Gasteiger partial charge in [0.25, 0.3) is 0 Å². The van der Waals surface area contributed by atoms with Crippen LogP contribution in [0.2, 0.25) is 0 Å². The van der Waals surface area contributed by atoms with Gasteiger partial charge in [0.05, 0.1) is 11.0 Å². The average molecular weight is 475 g/mol. The van der Waals surface area contributed by atoms with Crippen LogP contribution in [0.15, 0.2) is 23.1 Å². The summed E-state index contributed by atoms with van der Waals surface area (Å²) in [7, 11) is 3.27. The minimum atomic E-state index is -4.32. The molecular weight excluding hydrogens is 446 g/mol. The summed E-state index contributed by atoms with van der Waals surface area (Å²) in [5.74, 6) is -1.61. The standard InChI is InChI=1S/C14H16F2N3O5.C6H13NO2/c1-3-22-13(21)14(15,16)24-19(9-20)11-7-18(2)5-4-10(11)12-6-17-8-23-12;1-6(2,3)9-5(8)7-4/h3-4,6,8-9,11H,5,7H2,1-2H3;1-4H3,(H,7,8)/q+1;/t11-;/m0./s1. The number of aldehydes is 1. The molecule has 1 aliphatic heterocycles. The Hall–Kier alpha value is -3.19. The maximum absolute atomic E-state index is 13.8. The number of amides is 2. The van der Waals surface area contributed by atoms with E-state index in [2.05, 4.69) is 19.6 Å². The number of oxazole rings is 1. The Morgan fingerprint density at radius 2 is 2.06 bits per heavy atom. The summed E-state index contributed by atoms with van der Waals surface area (Å²) in [6.07, 6.45) is 0.430. The monoisotopic (exact) mass is 475 g/mol. The third-order valence-electron chi connectivity index (χ3n) is 3.88. The predicted molar refractivity (Wildman–Crippen MR) is 112 cm³/mol. The number of hydroxylamine groups is 2. The molecule has 2 heterocycles. The van der Waals surface area contributed by atoms with Crippen LogP contribution in [0.4, 0.5) is 13.6 Å². The number of halogens is 2. The molecule has 1 N–H and O–H groups in total. The van der Waals surface area contributed by atoms with Crippen LogP contribution in [0.5, 0.6) is 0 Å². The largest absolute Gasteiger partial charge is 0.683 e. The molecule has 0 fully saturated rings. The Balaban J connectivity index is 0.000000513. The number of nitrogens with one attached hydrogen (secondary N) is 1. The summed E-state index contributed by atoms with van der Waals surface area (Å²) in [5.41, 5.74) is 0.0593. The average Bonchev–Trinajstić information content (AvgIpc) is 3.26. The Morgan fingerprint density at radius 3 is 2.52 bits per heavy atom. The molecule has 2 rings (SSSR count). The Bertz CT molecular complexity index is 851. The fourth-order valence-corrected chi connectivity index (χ4v) is 2.53. The van der Waals surface area contributed by atoms with E-state index < -0.39 is 18.1 Å². The summed E-state index contributed by atoms with van der Waals surface area (Å²) in [5, 5.41) is 2.74. The molecule has 0 aromatic carbocycles. The zero-order valence-electron chi connectivity index (χ0n) is 19.3. The van der Waals surface area contributed by atoms with E-state index in [1.807, 2.05) is 20.8 Å². The second-order valence-electron chi connectivity index (χ2n) is 7.73. The van der Waals surface area contributed by atoms with Crippen molar-refractivity contribution in [3.63, 3.8) is 0 Å². The lowest BCUT2D eigenvalue weighted by atomic mass is 10.0. The van der Waals surface area contributed by atoms with E-state index in [1.165, 1.54) is 26.6 Å². The van der Waals surface area contributed by atoms with Crippen LogP contribution in [0.25, 0.3) is 5.57 Å². The number of alkyl carbamates (subject to hydrolysis) is 1. The van der Waals surface area contributed by atoms with Gasteiger partial charge in [0.15, 0.2) is 18.4 Å². The Kier molecular flexibility index (Phi) is 10.3. The maximum Gasteiger partial charge on any atom is 0.683 e. The zero-order chi connectivity index (χ0) is 25.2. The van der Waals surface area contributed by atoms with Crippen molar-refractivity contribution in [2.24, 2.45) is 0 Å². The van der Waals surface area contributed by atoms with Gasteiger partial charge in [-0.2, -0.15) is 13.6 Å². The van der Waals surface area contributed by atoms with Gasteiger partial charge in [-0.25, -0.2) is 14.8 Å². The van der Waals surface area contributed by atoms with Gasteiger partial charge in [0.1, 0.15) is 11.6 Å². The summed E-state index contributed by atoms with van der Waals surface area (Å²) >= 11 is 0. The minimum absolute atomic E-state index is 0.0743. The van der Waals surface area contributed by atoms with Gasteiger partial charge in [-0.15, -0.1) is 0 Å². The number of hydrogen-bond acceptors (Lipinski definition) is 8. The van der Waals surface area contributed by atoms with Crippen LogP contribution >= 0.6 is 0 Å². The summed E-state index contributed by atoms with van der Waals surface area (Å²) in [4.78, 5) is 42.9. The fraction of sp³-hybridized carbons (Fsp3) is 0.550. The molecule has 11 nitrogen and oxygen atoms in total. The first-order valence-electron chi connectivity index (χ1n) is 9.82. The molecular formula is C20H29F2N4O7+. The van der Waals surface area contributed by atoms with Crippen molar-refractivity contribution in [2.45, 2.75) is 45.4 Å². The maximum atomic E-state index is 13.8. The summed E-state index contributed by atoms with van der Waals surface area (Å²) in [6, 6.07) is -0.918. The second kappa shape index (κ2) is 12.2. The van der Waals surface area contributed by atoms with E-state index in [0.717, 1.165) is 6.29 Å². The van der Waals surface area contributed by atoms with Gasteiger partial charge >= 0.3 is 18.2 Å². The molecule has 2 amide bonds. The molecule has 33 heavy (non-hydrogen) atoms. The van der Waals surface area contributed by atoms with Crippen LogP contribution in [0.3, 0.4) is 0 Å². The van der Waals surface area contributed by atoms with Crippen molar-refractivity contribution in [2.75, 3.05) is 27.2 Å². The van der Waals surface area contributed by atoms with Gasteiger partial charge in [-0.3, -0.25) is 9.22 Å². The molecule has 1 aromatic heterocycles. The first kappa shape index (κ1) is 27.8. The van der Waals surface area contributed by atoms with Crippen LogP contribution in [0.1, 0.15) is 33.5 Å². The van der Waals surface area contributed by atoms with Gasteiger partial charge in [-0.05, 0) is 27.8 Å². The third kappa shape index (κ3) is 9.06. The predicted octanol–water partition coefficient (Wildman–Crippen LogP) is 1.78. The van der Waals surface area contributed by atoms with Gasteiger partial charge in [0, 0.05) is 32.6 Å². The molecule has 0 aliphatic carbocycles. The van der Waals surface area contributed by atoms with E-state index in [4.69, 9.17) is 9.15 Å². The zero-order valence-corrected chi connectivity index (χ0v) is 19.3. The molecule has 13 heteroatoms. The van der Waals surface area contributed by atoms with Crippen molar-refractivity contribution in [3.8, 4) is 0 Å². The highest BCUT2D eigenvalue weighted by atomic mass is 19.3. The summed E-state index contributed by atoms with van der Waals surface area (Å²) in [6.45, 7) is 7.43. The number of rotatable bonds is 6. The smallest absolute Gasteiger partial charge is 0.444 e. The Morgan fingerprint density at radius 1 is 1.39 bits per heavy atom. The lowest BCUT2D eigenvalue weighted by molar-refractivity contribution is -0.433. The van der Waals surface area contributed by atoms with E-state index in [9.17, 15) is 23.2 Å². The number of carbonyl (C=O) groups excluding carboxylic acids is 4. The van der Waals surface area contributed by atoms with Crippen molar-refractivity contribution in [1.82, 2.24) is 20.3 Å². The van der Waals surface area contributed by atoms with Gasteiger partial charge < -0.3 is 19.4 Å². The number of carbonyl (C=O) groups is 3. The molecule has 184 valence electrons. The van der Waals surface area contributed by atoms with Gasteiger partial charge in [0.2, 0.25) is 6.41 Å². The molecule has 0 bridgehead atoms. The number of alkyl halides is 2. The molecule has 1 aromatic rings. The van der Waals surface area contributed by atoms with Crippen molar-refractivity contribution >= 4 is 30.3 Å². The van der Waals surface area contributed by atoms with E-state index >= 15 is 0 Å². The van der Waals surface area contributed by atoms with Crippen molar-refractivity contribution in [1.29, 1.82) is 0 Å². The summed E-state index contributed by atoms with van der Waals surface area (Å²) < 4.78 is 41.7. The number of aromatic nitrogens is 1. The SMILES string of the molecule is CC=[O+]C(=O)C(F)(F)ON(C=O)[C@H]1CN(C)CC=C1c1cnco1.CNC(=O)OC(C)(C)C. The normalized spacial score (nSPS) is 17.0. The lowest BCUT2D eigenvalue weighted by Crippen LogP contribution is -2.50. The molecule has 0 saturated carbocycles. The first-order chi connectivity index (χ1) is 15.3. The number of likely N-dealkylation sites (N-methyl/N-ethyl adjacent to an activating group) is 1. The topological polar surface area (TPSA) is 126 Å². The van der Waals surface area contributed by atoms with E-state index in [0.29, 0.717) is 22.9 Å². The second-order valence-corrected chi connectivity index (χ2v) is 7.73. The van der Waals surface area contributed by atoms with Gasteiger partial charge in [-0.1, -0.05) is 6.08 Å². The molecule has 1 aliphatic rings. The van der Waals surface area contributed by atoms with Crippen molar-refractivity contribution < 1.29 is 41.6 Å². The van der Waals surface area contributed by atoms with Crippen LogP contribution in [-0.4, -0.2) is 84.6 Å². The van der Waals surface area contributed by atoms with Crippen LogP contribution in [0, 0.1) is 0 Å². The van der Waals surface area contributed by atoms with E-state index in [-0.39, 0.29) is 24.6 Å². The van der Waals surface area contributed by atoms with Crippen LogP contribution in [-0.2, 0) is 23.6 Å². The first-order valence-corrected chi connectivity index (χ1v) is 9.82. The highest BCUT2D eigenvalue weighted by molar-refractivity contribution is 5.75. The minimum Gasteiger partial charge on any atom is -0.444 e. The van der Waals surface area contributed by atoms with E-state index in [1.54, 1.807) is 18.0 Å². The lowest BCUT2D eigenvalue weighted by Gasteiger charge is -2.34. The highest BCUT2D eigenvalue weighted by Crippen LogP contribution is 2.28. The third-order valence-corrected chi connectivity index (χ3v) is 3.88. The quantitative estimate of drug-likeness (QED) is 0.375. The molecule has 0 spiro atoms. The molecule has 1 atom stereocenters. The Labute approximate surface area is 190 Å². The number of ether oxygens (including phenoxy) is 1. The molecule has 0 radical (unpaired) electrons. The van der Waals surface area contributed by atoms with Crippen LogP contribution < -0.4 is 5.32 Å². The fourth-order valence-electron chi connectivity index (χ4n) is 2.53. The highest BCUT2D eigenvalue weighted by Gasteiger charge is 2.56. The molecule has 0 saturated heterocycles. The number of hydrogen-bond donors (Lipinski definition) is 1. The molecule has 0 unspecified atom stereocenters.